The number of rotatable bonds is 4. The minimum atomic E-state index is -0.920. The van der Waals surface area contributed by atoms with Crippen LogP contribution in [0.3, 0.4) is 0 Å². The van der Waals surface area contributed by atoms with Crippen LogP contribution in [0.25, 0.3) is 0 Å². The molecule has 0 unspecified atom stereocenters. The number of nitro groups is 1. The Morgan fingerprint density at radius 1 is 1.25 bits per heavy atom. The van der Waals surface area contributed by atoms with Gasteiger partial charge in [0.15, 0.2) is 0 Å². The first kappa shape index (κ1) is 14.5. The van der Waals surface area contributed by atoms with Gasteiger partial charge in [-0.25, -0.2) is 4.39 Å². The SMILES string of the molecule is C[C@H](O)c1c(F)cccc1Sc1ccc([N+](=O)[O-])cc1. The van der Waals surface area contributed by atoms with Gasteiger partial charge in [-0.2, -0.15) is 0 Å². The number of nitro benzene ring substituents is 1. The van der Waals surface area contributed by atoms with Crippen LogP contribution in [-0.2, 0) is 0 Å². The van der Waals surface area contributed by atoms with Crippen molar-refractivity contribution in [3.8, 4) is 0 Å². The molecule has 0 fully saturated rings. The molecule has 0 heterocycles. The van der Waals surface area contributed by atoms with E-state index in [4.69, 9.17) is 0 Å². The lowest BCUT2D eigenvalue weighted by Gasteiger charge is -2.12. The molecule has 2 rings (SSSR count). The maximum Gasteiger partial charge on any atom is 0.269 e. The number of hydrogen-bond acceptors (Lipinski definition) is 4. The monoisotopic (exact) mass is 293 g/mol. The van der Waals surface area contributed by atoms with E-state index in [1.165, 1.54) is 36.9 Å². The standard InChI is InChI=1S/C14H12FNO3S/c1-9(17)14-12(15)3-2-4-13(14)20-11-7-5-10(6-8-11)16(18)19/h2-9,17H,1H3/t9-/m0/s1. The third kappa shape index (κ3) is 3.15. The Hall–Kier alpha value is -1.92. The highest BCUT2D eigenvalue weighted by atomic mass is 32.2. The third-order valence-electron chi connectivity index (χ3n) is 2.71. The largest absolute Gasteiger partial charge is 0.389 e. The van der Waals surface area contributed by atoms with Crippen LogP contribution in [0.5, 0.6) is 0 Å². The Kier molecular flexibility index (Phi) is 4.36. The Labute approximate surface area is 119 Å². The molecule has 0 saturated carbocycles. The van der Waals surface area contributed by atoms with Gasteiger partial charge >= 0.3 is 0 Å². The van der Waals surface area contributed by atoms with E-state index in [9.17, 15) is 19.6 Å². The lowest BCUT2D eigenvalue weighted by Crippen LogP contribution is -1.98. The van der Waals surface area contributed by atoms with Crippen LogP contribution in [0.15, 0.2) is 52.3 Å². The van der Waals surface area contributed by atoms with Gasteiger partial charge in [0, 0.05) is 27.5 Å². The molecule has 2 aromatic carbocycles. The minimum Gasteiger partial charge on any atom is -0.389 e. The smallest absolute Gasteiger partial charge is 0.269 e. The van der Waals surface area contributed by atoms with Crippen molar-refractivity contribution in [3.63, 3.8) is 0 Å². The molecule has 0 aromatic heterocycles. The maximum atomic E-state index is 13.7. The van der Waals surface area contributed by atoms with Crippen LogP contribution >= 0.6 is 11.8 Å². The molecular weight excluding hydrogens is 281 g/mol. The van der Waals surface area contributed by atoms with Crippen LogP contribution in [0.4, 0.5) is 10.1 Å². The molecule has 0 aliphatic rings. The van der Waals surface area contributed by atoms with Crippen molar-refractivity contribution >= 4 is 17.4 Å². The summed E-state index contributed by atoms with van der Waals surface area (Å²) < 4.78 is 13.7. The van der Waals surface area contributed by atoms with E-state index in [0.717, 1.165) is 4.90 Å². The Morgan fingerprint density at radius 2 is 1.90 bits per heavy atom. The van der Waals surface area contributed by atoms with Gasteiger partial charge in [0.1, 0.15) is 5.82 Å². The van der Waals surface area contributed by atoms with Crippen LogP contribution in [0.2, 0.25) is 0 Å². The summed E-state index contributed by atoms with van der Waals surface area (Å²) in [6.45, 7) is 1.50. The Balaban J connectivity index is 2.30. The molecule has 2 aromatic rings. The summed E-state index contributed by atoms with van der Waals surface area (Å²) in [5, 5.41) is 20.2. The molecule has 0 spiro atoms. The fourth-order valence-electron chi connectivity index (χ4n) is 1.77. The number of aliphatic hydroxyl groups excluding tert-OH is 1. The average Bonchev–Trinajstić information content (AvgIpc) is 2.39. The van der Waals surface area contributed by atoms with Crippen molar-refractivity contribution in [2.75, 3.05) is 0 Å². The zero-order valence-electron chi connectivity index (χ0n) is 10.6. The summed E-state index contributed by atoms with van der Waals surface area (Å²) in [7, 11) is 0. The predicted molar refractivity (Wildman–Crippen MR) is 74.3 cm³/mol. The number of nitrogens with zero attached hydrogens (tertiary/aromatic N) is 1. The Morgan fingerprint density at radius 3 is 2.45 bits per heavy atom. The first-order valence-corrected chi connectivity index (χ1v) is 6.69. The predicted octanol–water partition coefficient (Wildman–Crippen LogP) is 3.94. The normalized spacial score (nSPS) is 12.2. The average molecular weight is 293 g/mol. The second kappa shape index (κ2) is 6.02. The molecule has 1 N–H and O–H groups in total. The molecule has 6 heteroatoms. The highest BCUT2D eigenvalue weighted by molar-refractivity contribution is 7.99. The van der Waals surface area contributed by atoms with E-state index < -0.39 is 16.8 Å². The van der Waals surface area contributed by atoms with E-state index >= 15 is 0 Å². The van der Waals surface area contributed by atoms with Crippen LogP contribution in [-0.4, -0.2) is 10.0 Å². The van der Waals surface area contributed by atoms with Crippen molar-refractivity contribution in [2.24, 2.45) is 0 Å². The molecule has 0 radical (unpaired) electrons. The number of hydrogen-bond donors (Lipinski definition) is 1. The van der Waals surface area contributed by atoms with Crippen LogP contribution < -0.4 is 0 Å². The highest BCUT2D eigenvalue weighted by Crippen LogP contribution is 2.35. The summed E-state index contributed by atoms with van der Waals surface area (Å²) in [6.07, 6.45) is -0.920. The first-order chi connectivity index (χ1) is 9.49. The zero-order chi connectivity index (χ0) is 14.7. The van der Waals surface area contributed by atoms with E-state index in [2.05, 4.69) is 0 Å². The van der Waals surface area contributed by atoms with Gasteiger partial charge in [-0.15, -0.1) is 0 Å². The van der Waals surface area contributed by atoms with Crippen molar-refractivity contribution in [3.05, 3.63) is 64.0 Å². The zero-order valence-corrected chi connectivity index (χ0v) is 11.4. The number of benzene rings is 2. The Bertz CT molecular complexity index is 629. The van der Waals surface area contributed by atoms with Gasteiger partial charge in [-0.05, 0) is 31.2 Å². The lowest BCUT2D eigenvalue weighted by atomic mass is 10.1. The van der Waals surface area contributed by atoms with Crippen LogP contribution in [0, 0.1) is 15.9 Å². The summed E-state index contributed by atoms with van der Waals surface area (Å²) in [5.41, 5.74) is 0.236. The molecule has 0 amide bonds. The maximum absolute atomic E-state index is 13.7. The summed E-state index contributed by atoms with van der Waals surface area (Å²) >= 11 is 1.25. The fraction of sp³-hybridized carbons (Fsp3) is 0.143. The molecule has 4 nitrogen and oxygen atoms in total. The first-order valence-electron chi connectivity index (χ1n) is 5.88. The van der Waals surface area contributed by atoms with Gasteiger partial charge in [0.05, 0.1) is 11.0 Å². The molecule has 104 valence electrons. The van der Waals surface area contributed by atoms with Crippen molar-refractivity contribution in [1.29, 1.82) is 0 Å². The third-order valence-corrected chi connectivity index (χ3v) is 3.79. The van der Waals surface area contributed by atoms with Crippen molar-refractivity contribution in [1.82, 2.24) is 0 Å². The van der Waals surface area contributed by atoms with Gasteiger partial charge in [0.2, 0.25) is 0 Å². The second-order valence-electron chi connectivity index (χ2n) is 4.18. The summed E-state index contributed by atoms with van der Waals surface area (Å²) in [5.74, 6) is -0.466. The molecule has 0 aliphatic heterocycles. The molecule has 20 heavy (non-hydrogen) atoms. The molecule has 0 aliphatic carbocycles. The van der Waals surface area contributed by atoms with E-state index in [1.807, 2.05) is 0 Å². The van der Waals surface area contributed by atoms with Crippen LogP contribution in [0.1, 0.15) is 18.6 Å². The highest BCUT2D eigenvalue weighted by Gasteiger charge is 2.14. The minimum absolute atomic E-state index is 0.00402. The van der Waals surface area contributed by atoms with E-state index in [-0.39, 0.29) is 11.3 Å². The molecule has 1 atom stereocenters. The van der Waals surface area contributed by atoms with E-state index in [0.29, 0.717) is 4.90 Å². The van der Waals surface area contributed by atoms with Gasteiger partial charge in [-0.1, -0.05) is 17.8 Å². The van der Waals surface area contributed by atoms with Gasteiger partial charge < -0.3 is 5.11 Å². The van der Waals surface area contributed by atoms with Crippen molar-refractivity contribution < 1.29 is 14.4 Å². The number of halogens is 1. The number of aliphatic hydroxyl groups is 1. The number of non-ortho nitro benzene ring substituents is 1. The quantitative estimate of drug-likeness (QED) is 0.685. The topological polar surface area (TPSA) is 63.4 Å². The van der Waals surface area contributed by atoms with Crippen molar-refractivity contribution in [2.45, 2.75) is 22.8 Å². The summed E-state index contributed by atoms with van der Waals surface area (Å²) in [6, 6.07) is 10.5. The fourth-order valence-corrected chi connectivity index (χ4v) is 2.83. The summed E-state index contributed by atoms with van der Waals surface area (Å²) in [4.78, 5) is 11.4. The molecule has 0 bridgehead atoms. The van der Waals surface area contributed by atoms with Gasteiger partial charge in [-0.3, -0.25) is 10.1 Å². The molecular formula is C14H12FNO3S. The molecule has 0 saturated heterocycles. The second-order valence-corrected chi connectivity index (χ2v) is 5.30. The lowest BCUT2D eigenvalue weighted by molar-refractivity contribution is -0.384. The van der Waals surface area contributed by atoms with E-state index in [1.54, 1.807) is 24.3 Å². The van der Waals surface area contributed by atoms with Gasteiger partial charge in [0.25, 0.3) is 5.69 Å².